The number of hydrogen-bond acceptors (Lipinski definition) is 5. The number of carbonyl (C=O) groups is 3. The molecule has 0 aliphatic rings. The van der Waals surface area contributed by atoms with Crippen LogP contribution < -0.4 is 17.7 Å². The van der Waals surface area contributed by atoms with E-state index in [4.69, 9.17) is 9.47 Å². The summed E-state index contributed by atoms with van der Waals surface area (Å²) >= 11 is 0. The number of nitrogens with zero attached hydrogens (tertiary/aromatic N) is 1. The average molecular weight is 563 g/mol. The van der Waals surface area contributed by atoms with E-state index in [2.05, 4.69) is 33.4 Å². The second-order valence-electron chi connectivity index (χ2n) is 11.6. The summed E-state index contributed by atoms with van der Waals surface area (Å²) in [7, 11) is 6.23. The topological polar surface area (TPSA) is 81.7 Å². The van der Waals surface area contributed by atoms with Gasteiger partial charge in [-0.15, -0.1) is 0 Å². The maximum atomic E-state index is 12.1. The molecule has 0 spiro atoms. The van der Waals surface area contributed by atoms with Crippen LogP contribution in [0.25, 0.3) is 0 Å². The van der Waals surface area contributed by atoms with Crippen molar-refractivity contribution in [3.8, 4) is 0 Å². The van der Waals surface area contributed by atoms with Crippen LogP contribution >= 0.6 is 0 Å². The number of rotatable bonds is 25. The van der Waals surface area contributed by atoms with Crippen molar-refractivity contribution in [2.24, 2.45) is 0 Å². The van der Waals surface area contributed by atoms with Crippen molar-refractivity contribution < 1.29 is 40.7 Å². The number of ether oxygens (including phenoxy) is 2. The van der Waals surface area contributed by atoms with E-state index in [0.29, 0.717) is 12.8 Å². The van der Waals surface area contributed by atoms with Crippen LogP contribution in [0.1, 0.15) is 129 Å². The summed E-state index contributed by atoms with van der Waals surface area (Å²) in [5.41, 5.74) is 0. The summed E-state index contributed by atoms with van der Waals surface area (Å²) in [4.78, 5) is 35.5. The molecule has 1 unspecified atom stereocenters. The van der Waals surface area contributed by atoms with Crippen LogP contribution in [0.5, 0.6) is 0 Å². The van der Waals surface area contributed by atoms with E-state index in [1.807, 2.05) is 0 Å². The van der Waals surface area contributed by atoms with E-state index in [1.54, 1.807) is 0 Å². The Morgan fingerprint density at radius 1 is 0.632 bits per heavy atom. The van der Waals surface area contributed by atoms with Crippen LogP contribution in [0.4, 0.5) is 0 Å². The first kappa shape index (κ1) is 38.8. The molecule has 0 rings (SSSR count). The quantitative estimate of drug-likeness (QED) is 0.105. The lowest BCUT2D eigenvalue weighted by Crippen LogP contribution is -3.00. The van der Waals surface area contributed by atoms with E-state index in [1.165, 1.54) is 84.0 Å². The van der Waals surface area contributed by atoms with Crippen LogP contribution in [0.15, 0.2) is 0 Å². The minimum atomic E-state index is -0.523. The minimum Gasteiger partial charge on any atom is -1.00 e. The normalized spacial score (nSPS) is 11.9. The van der Waals surface area contributed by atoms with Gasteiger partial charge in [0.1, 0.15) is 13.2 Å². The molecule has 0 saturated carbocycles. The maximum Gasteiger partial charge on any atom is 0.306 e. The van der Waals surface area contributed by atoms with Crippen LogP contribution in [0, 0.1) is 0 Å². The third-order valence-electron chi connectivity index (χ3n) is 6.49. The van der Waals surface area contributed by atoms with Gasteiger partial charge in [0.15, 0.2) is 0 Å². The molecule has 226 valence electrons. The number of halogens is 1. The Kier molecular flexibility index (Phi) is 26.5. The van der Waals surface area contributed by atoms with Gasteiger partial charge in [-0.25, -0.2) is 0 Å². The van der Waals surface area contributed by atoms with Crippen molar-refractivity contribution in [1.29, 1.82) is 0 Å². The number of quaternary nitrogens is 1. The van der Waals surface area contributed by atoms with Crippen LogP contribution in [0.3, 0.4) is 0 Å². The highest BCUT2D eigenvalue weighted by Crippen LogP contribution is 2.14. The zero-order valence-electron chi connectivity index (χ0n) is 25.3. The Labute approximate surface area is 240 Å². The second kappa shape index (κ2) is 25.9. The Morgan fingerprint density at radius 2 is 1.00 bits per heavy atom. The number of amides is 1. The summed E-state index contributed by atoms with van der Waals surface area (Å²) in [5, 5.41) is 2.70. The molecule has 0 aromatic heterocycles. The number of nitrogens with one attached hydrogen (secondary N) is 1. The van der Waals surface area contributed by atoms with E-state index in [-0.39, 0.29) is 43.5 Å². The van der Waals surface area contributed by atoms with Crippen molar-refractivity contribution in [2.45, 2.75) is 135 Å². The largest absolute Gasteiger partial charge is 1.00 e. The standard InChI is InChI=1S/C30H58N2O5.ClH/c1-6-7-8-9-10-11-12-13-14-15-16-17-18-19-20-22-29(34)36-25-28(31-27(2)33)26-37-30(35)23-21-24-32(3,4)5;/h28H,6-26H2,1-5H3;1H. The van der Waals surface area contributed by atoms with Gasteiger partial charge in [0.25, 0.3) is 0 Å². The van der Waals surface area contributed by atoms with Gasteiger partial charge in [0.05, 0.1) is 40.2 Å². The molecule has 0 heterocycles. The van der Waals surface area contributed by atoms with Crippen LogP contribution in [-0.2, 0) is 23.9 Å². The zero-order chi connectivity index (χ0) is 27.8. The molecular formula is C30H59ClN2O5. The lowest BCUT2D eigenvalue weighted by atomic mass is 10.0. The Balaban J connectivity index is 0. The molecule has 0 aromatic carbocycles. The highest BCUT2D eigenvalue weighted by molar-refractivity contribution is 5.73. The van der Waals surface area contributed by atoms with Crippen molar-refractivity contribution in [3.63, 3.8) is 0 Å². The number of unbranched alkanes of at least 4 members (excludes halogenated alkanes) is 14. The lowest BCUT2D eigenvalue weighted by molar-refractivity contribution is -0.870. The summed E-state index contributed by atoms with van der Waals surface area (Å²) in [6.07, 6.45) is 20.7. The molecular weight excluding hydrogens is 504 g/mol. The molecule has 1 amide bonds. The fraction of sp³-hybridized carbons (Fsp3) is 0.900. The monoisotopic (exact) mass is 562 g/mol. The Morgan fingerprint density at radius 3 is 1.37 bits per heavy atom. The molecule has 1 N–H and O–H groups in total. The molecule has 8 heteroatoms. The minimum absolute atomic E-state index is 0. The highest BCUT2D eigenvalue weighted by Gasteiger charge is 2.16. The van der Waals surface area contributed by atoms with Crippen molar-refractivity contribution in [2.75, 3.05) is 40.9 Å². The molecule has 1 atom stereocenters. The van der Waals surface area contributed by atoms with Gasteiger partial charge < -0.3 is 31.7 Å². The third kappa shape index (κ3) is 29.2. The van der Waals surface area contributed by atoms with Gasteiger partial charge in [-0.05, 0) is 6.42 Å². The number of carbonyl (C=O) groups excluding carboxylic acids is 3. The van der Waals surface area contributed by atoms with Crippen LogP contribution in [0.2, 0.25) is 0 Å². The molecule has 38 heavy (non-hydrogen) atoms. The van der Waals surface area contributed by atoms with Crippen molar-refractivity contribution >= 4 is 17.8 Å². The van der Waals surface area contributed by atoms with E-state index < -0.39 is 6.04 Å². The molecule has 0 bridgehead atoms. The maximum absolute atomic E-state index is 12.1. The molecule has 0 aliphatic carbocycles. The lowest BCUT2D eigenvalue weighted by Gasteiger charge is -2.23. The number of esters is 2. The van der Waals surface area contributed by atoms with Gasteiger partial charge in [-0.3, -0.25) is 14.4 Å². The third-order valence-corrected chi connectivity index (χ3v) is 6.49. The summed E-state index contributed by atoms with van der Waals surface area (Å²) in [6, 6.07) is -0.523. The van der Waals surface area contributed by atoms with Gasteiger partial charge in [0.2, 0.25) is 5.91 Å². The predicted octanol–water partition coefficient (Wildman–Crippen LogP) is 3.33. The van der Waals surface area contributed by atoms with E-state index in [9.17, 15) is 14.4 Å². The zero-order valence-corrected chi connectivity index (χ0v) is 26.0. The molecule has 0 aromatic rings. The van der Waals surface area contributed by atoms with Gasteiger partial charge in [0, 0.05) is 19.8 Å². The predicted molar refractivity (Wildman–Crippen MR) is 151 cm³/mol. The molecule has 7 nitrogen and oxygen atoms in total. The highest BCUT2D eigenvalue weighted by atomic mass is 35.5. The summed E-state index contributed by atoms with van der Waals surface area (Å²) in [5.74, 6) is -0.809. The Bertz CT molecular complexity index is 596. The SMILES string of the molecule is CCCCCCCCCCCCCCCCCC(=O)OCC(COC(=O)CCC[N+](C)(C)C)NC(C)=O.[Cl-]. The van der Waals surface area contributed by atoms with Crippen molar-refractivity contribution in [3.05, 3.63) is 0 Å². The average Bonchev–Trinajstić information content (AvgIpc) is 2.82. The smallest absolute Gasteiger partial charge is 0.306 e. The summed E-state index contributed by atoms with van der Waals surface area (Å²) < 4.78 is 11.4. The first-order valence-corrected chi connectivity index (χ1v) is 15.0. The van der Waals surface area contributed by atoms with E-state index >= 15 is 0 Å². The summed E-state index contributed by atoms with van der Waals surface area (Å²) in [6.45, 7) is 4.56. The van der Waals surface area contributed by atoms with Gasteiger partial charge in [-0.1, -0.05) is 96.8 Å². The first-order chi connectivity index (χ1) is 17.6. The molecule has 0 saturated heterocycles. The van der Waals surface area contributed by atoms with Gasteiger partial charge >= 0.3 is 11.9 Å². The second-order valence-corrected chi connectivity index (χ2v) is 11.6. The van der Waals surface area contributed by atoms with Crippen LogP contribution in [-0.4, -0.2) is 69.3 Å². The first-order valence-electron chi connectivity index (χ1n) is 15.0. The van der Waals surface area contributed by atoms with Crippen molar-refractivity contribution in [1.82, 2.24) is 5.32 Å². The number of hydrogen-bond donors (Lipinski definition) is 1. The fourth-order valence-corrected chi connectivity index (χ4v) is 4.29. The Hall–Kier alpha value is -1.34. The molecule has 0 radical (unpaired) electrons. The molecule has 0 aliphatic heterocycles. The fourth-order valence-electron chi connectivity index (χ4n) is 4.29. The van der Waals surface area contributed by atoms with Gasteiger partial charge in [-0.2, -0.15) is 0 Å². The molecule has 0 fully saturated rings. The van der Waals surface area contributed by atoms with E-state index in [0.717, 1.165) is 36.7 Å².